The van der Waals surface area contributed by atoms with Crippen molar-refractivity contribution in [2.24, 2.45) is 0 Å². The van der Waals surface area contributed by atoms with Crippen molar-refractivity contribution in [1.82, 2.24) is 0 Å². The third-order valence-corrected chi connectivity index (χ3v) is 4.66. The van der Waals surface area contributed by atoms with Crippen LogP contribution in [0.3, 0.4) is 0 Å². The van der Waals surface area contributed by atoms with Gasteiger partial charge in [-0.25, -0.2) is 0 Å². The minimum Gasteiger partial charge on any atom is -0.385 e. The number of ether oxygens (including phenoxy) is 1. The molecule has 1 fully saturated rings. The van der Waals surface area contributed by atoms with Crippen molar-refractivity contribution in [3.05, 3.63) is 33.3 Å². The molecule has 140 valence electrons. The second-order valence-electron chi connectivity index (χ2n) is 6.41. The lowest BCUT2D eigenvalue weighted by molar-refractivity contribution is -0.903. The molecule has 7 nitrogen and oxygen atoms in total. The molecule has 2 rings (SSSR count). The van der Waals surface area contributed by atoms with Crippen LogP contribution in [0.25, 0.3) is 0 Å². The maximum absolute atomic E-state index is 11.2. The Morgan fingerprint density at radius 1 is 1.44 bits per heavy atom. The van der Waals surface area contributed by atoms with Crippen molar-refractivity contribution in [3.8, 4) is 0 Å². The lowest BCUT2D eigenvalue weighted by Crippen LogP contribution is -3.16. The van der Waals surface area contributed by atoms with Crippen LogP contribution in [-0.4, -0.2) is 62.1 Å². The van der Waals surface area contributed by atoms with Crippen LogP contribution < -0.4 is 9.80 Å². The largest absolute Gasteiger partial charge is 0.385 e. The minimum atomic E-state index is -0.469. The fourth-order valence-corrected chi connectivity index (χ4v) is 3.20. The van der Waals surface area contributed by atoms with Gasteiger partial charge in [0, 0.05) is 17.7 Å². The minimum absolute atomic E-state index is 0.0420. The van der Waals surface area contributed by atoms with Gasteiger partial charge in [-0.2, -0.15) is 0 Å². The van der Waals surface area contributed by atoms with Gasteiger partial charge in [0.05, 0.1) is 37.7 Å². The second kappa shape index (κ2) is 9.91. The lowest BCUT2D eigenvalue weighted by Gasteiger charge is -2.34. The summed E-state index contributed by atoms with van der Waals surface area (Å²) in [4.78, 5) is 14.2. The van der Waals surface area contributed by atoms with Gasteiger partial charge in [0.1, 0.15) is 18.3 Å². The van der Waals surface area contributed by atoms with Gasteiger partial charge >= 0.3 is 0 Å². The van der Waals surface area contributed by atoms with E-state index in [0.29, 0.717) is 43.6 Å². The van der Waals surface area contributed by atoms with Gasteiger partial charge in [-0.3, -0.25) is 10.1 Å². The molecule has 1 atom stereocenters. The van der Waals surface area contributed by atoms with E-state index in [1.54, 1.807) is 12.1 Å². The van der Waals surface area contributed by atoms with Crippen molar-refractivity contribution in [2.45, 2.75) is 25.9 Å². The first-order valence-electron chi connectivity index (χ1n) is 8.79. The average molecular weight is 373 g/mol. The molecule has 8 heteroatoms. The van der Waals surface area contributed by atoms with E-state index in [0.717, 1.165) is 25.9 Å². The van der Waals surface area contributed by atoms with E-state index >= 15 is 0 Å². The number of aliphatic hydroxyl groups is 1. The molecule has 2 N–H and O–H groups in total. The van der Waals surface area contributed by atoms with Gasteiger partial charge in [-0.05, 0) is 18.6 Å². The zero-order valence-corrected chi connectivity index (χ0v) is 15.4. The Labute approximate surface area is 153 Å². The number of piperazine rings is 1. The van der Waals surface area contributed by atoms with Crippen LogP contribution in [-0.2, 0) is 4.74 Å². The van der Waals surface area contributed by atoms with Crippen molar-refractivity contribution in [1.29, 1.82) is 0 Å². The number of quaternary nitrogens is 1. The van der Waals surface area contributed by atoms with Gasteiger partial charge in [0.2, 0.25) is 0 Å². The molecule has 0 radical (unpaired) electrons. The van der Waals surface area contributed by atoms with E-state index in [4.69, 9.17) is 16.3 Å². The molecule has 0 aromatic heterocycles. The molecule has 0 bridgehead atoms. The predicted octanol–water partition coefficient (Wildman–Crippen LogP) is 1.13. The maximum Gasteiger partial charge on any atom is 0.294 e. The van der Waals surface area contributed by atoms with Crippen LogP contribution in [0.1, 0.15) is 19.8 Å². The monoisotopic (exact) mass is 372 g/mol. The molecule has 1 aliphatic heterocycles. The highest BCUT2D eigenvalue weighted by Crippen LogP contribution is 2.30. The topological polar surface area (TPSA) is 80.3 Å². The summed E-state index contributed by atoms with van der Waals surface area (Å²) in [7, 11) is 0. The van der Waals surface area contributed by atoms with Gasteiger partial charge in [-0.1, -0.05) is 24.9 Å². The molecule has 1 aliphatic rings. The standard InChI is InChI=1S/C17H26ClN3O4/c1-2-3-10-25-13-15(22)12-19-6-8-20(9-7-19)16-5-4-14(18)11-17(16)21(23)24/h4-5,11,15,22H,2-3,6-10,12-13H2,1H3/p+1/t15-/m0/s1. The smallest absolute Gasteiger partial charge is 0.294 e. The van der Waals surface area contributed by atoms with Crippen molar-refractivity contribution in [3.63, 3.8) is 0 Å². The third-order valence-electron chi connectivity index (χ3n) is 4.42. The number of rotatable bonds is 9. The quantitative estimate of drug-likeness (QED) is 0.386. The average Bonchev–Trinajstić information content (AvgIpc) is 2.59. The number of anilines is 1. The summed E-state index contributed by atoms with van der Waals surface area (Å²) in [5, 5.41) is 21.7. The molecule has 1 heterocycles. The van der Waals surface area contributed by atoms with E-state index in [2.05, 4.69) is 6.92 Å². The summed E-state index contributed by atoms with van der Waals surface area (Å²) >= 11 is 5.87. The van der Waals surface area contributed by atoms with E-state index in [1.165, 1.54) is 11.0 Å². The Morgan fingerprint density at radius 3 is 2.80 bits per heavy atom. The summed E-state index contributed by atoms with van der Waals surface area (Å²) in [6.07, 6.45) is 1.63. The molecule has 25 heavy (non-hydrogen) atoms. The van der Waals surface area contributed by atoms with Gasteiger partial charge in [0.15, 0.2) is 0 Å². The first kappa shape index (κ1) is 19.9. The Morgan fingerprint density at radius 2 is 2.16 bits per heavy atom. The highest BCUT2D eigenvalue weighted by Gasteiger charge is 2.26. The highest BCUT2D eigenvalue weighted by atomic mass is 35.5. The normalized spacial score (nSPS) is 16.8. The number of nitrogens with one attached hydrogen (secondary N) is 1. The van der Waals surface area contributed by atoms with Crippen LogP contribution in [0.15, 0.2) is 18.2 Å². The molecular formula is C17H27ClN3O4+. The number of hydrogen-bond acceptors (Lipinski definition) is 5. The number of nitrogens with zero attached hydrogens (tertiary/aromatic N) is 2. The SMILES string of the molecule is CCCCOC[C@@H](O)C[NH+]1CCN(c2ccc(Cl)cc2[N+](=O)[O-])CC1. The van der Waals surface area contributed by atoms with Crippen LogP contribution in [0.5, 0.6) is 0 Å². The number of hydrogen-bond donors (Lipinski definition) is 2. The van der Waals surface area contributed by atoms with Crippen LogP contribution in [0.4, 0.5) is 11.4 Å². The molecular weight excluding hydrogens is 346 g/mol. The van der Waals surface area contributed by atoms with Crippen molar-refractivity contribution >= 4 is 23.0 Å². The summed E-state index contributed by atoms with van der Waals surface area (Å²) in [6, 6.07) is 4.79. The van der Waals surface area contributed by atoms with E-state index in [9.17, 15) is 15.2 Å². The Hall–Kier alpha value is -1.41. The van der Waals surface area contributed by atoms with Crippen molar-refractivity contribution in [2.75, 3.05) is 50.8 Å². The molecule has 0 unspecified atom stereocenters. The summed E-state index contributed by atoms with van der Waals surface area (Å²) < 4.78 is 5.46. The van der Waals surface area contributed by atoms with Crippen LogP contribution in [0.2, 0.25) is 5.02 Å². The summed E-state index contributed by atoms with van der Waals surface area (Å²) in [5.41, 5.74) is 0.650. The number of aliphatic hydroxyl groups excluding tert-OH is 1. The molecule has 0 aliphatic carbocycles. The van der Waals surface area contributed by atoms with Crippen LogP contribution in [0, 0.1) is 10.1 Å². The number of nitro groups is 1. The first-order chi connectivity index (χ1) is 12.0. The lowest BCUT2D eigenvalue weighted by atomic mass is 10.2. The maximum atomic E-state index is 11.2. The number of nitro benzene ring substituents is 1. The predicted molar refractivity (Wildman–Crippen MR) is 97.6 cm³/mol. The zero-order chi connectivity index (χ0) is 18.2. The molecule has 1 aromatic rings. The Bertz CT molecular complexity index is 565. The fraction of sp³-hybridized carbons (Fsp3) is 0.647. The third kappa shape index (κ3) is 6.11. The summed E-state index contributed by atoms with van der Waals surface area (Å²) in [6.45, 7) is 6.88. The first-order valence-corrected chi connectivity index (χ1v) is 9.17. The second-order valence-corrected chi connectivity index (χ2v) is 6.85. The van der Waals surface area contributed by atoms with Crippen LogP contribution >= 0.6 is 11.6 Å². The van der Waals surface area contributed by atoms with E-state index < -0.39 is 11.0 Å². The Balaban J connectivity index is 1.83. The van der Waals surface area contributed by atoms with Gasteiger partial charge in [-0.15, -0.1) is 0 Å². The molecule has 1 saturated heterocycles. The number of benzene rings is 1. The number of unbranched alkanes of at least 4 members (excludes halogenated alkanes) is 1. The Kier molecular flexibility index (Phi) is 7.90. The van der Waals surface area contributed by atoms with Crippen molar-refractivity contribution < 1.29 is 19.7 Å². The zero-order valence-electron chi connectivity index (χ0n) is 14.6. The summed E-state index contributed by atoms with van der Waals surface area (Å²) in [5.74, 6) is 0. The van der Waals surface area contributed by atoms with Gasteiger partial charge < -0.3 is 19.6 Å². The number of halogens is 1. The molecule has 0 amide bonds. The molecule has 0 saturated carbocycles. The molecule has 0 spiro atoms. The fourth-order valence-electron chi connectivity index (χ4n) is 3.04. The molecule has 1 aromatic carbocycles. The van der Waals surface area contributed by atoms with Gasteiger partial charge in [0.25, 0.3) is 5.69 Å². The van der Waals surface area contributed by atoms with E-state index in [-0.39, 0.29) is 5.69 Å². The van der Waals surface area contributed by atoms with E-state index in [1.807, 2.05) is 4.90 Å². The highest BCUT2D eigenvalue weighted by molar-refractivity contribution is 6.30.